The molecule has 0 radical (unpaired) electrons. The minimum atomic E-state index is -1.03. The third-order valence-electron chi connectivity index (χ3n) is 4.88. The summed E-state index contributed by atoms with van der Waals surface area (Å²) < 4.78 is 0. The number of aromatic carboxylic acids is 1. The predicted molar refractivity (Wildman–Crippen MR) is 129 cm³/mol. The lowest BCUT2D eigenvalue weighted by Crippen LogP contribution is -2.22. The van der Waals surface area contributed by atoms with E-state index in [1.54, 1.807) is 24.3 Å². The third-order valence-corrected chi connectivity index (χ3v) is 5.42. The van der Waals surface area contributed by atoms with Gasteiger partial charge in [0.05, 0.1) is 16.7 Å². The van der Waals surface area contributed by atoms with Crippen molar-refractivity contribution < 1.29 is 15.0 Å². The van der Waals surface area contributed by atoms with Crippen LogP contribution in [0.5, 0.6) is 0 Å². The van der Waals surface area contributed by atoms with Gasteiger partial charge in [0.1, 0.15) is 0 Å². The van der Waals surface area contributed by atoms with Crippen molar-refractivity contribution in [3.05, 3.63) is 93.5 Å². The Morgan fingerprint density at radius 1 is 0.968 bits per heavy atom. The van der Waals surface area contributed by atoms with Gasteiger partial charge in [-0.05, 0) is 65.9 Å². The average Bonchev–Trinajstić information content (AvgIpc) is 2.73. The van der Waals surface area contributed by atoms with Gasteiger partial charge in [0.2, 0.25) is 0 Å². The van der Waals surface area contributed by atoms with Crippen molar-refractivity contribution >= 4 is 41.6 Å². The number of carbonyl (C=O) groups is 1. The molecule has 0 saturated carbocycles. The maximum absolute atomic E-state index is 11.1. The van der Waals surface area contributed by atoms with Crippen molar-refractivity contribution in [1.82, 2.24) is 5.32 Å². The first-order valence-electron chi connectivity index (χ1n) is 9.70. The number of hydrogen-bond acceptors (Lipinski definition) is 3. The Labute approximate surface area is 198 Å². The van der Waals surface area contributed by atoms with E-state index in [0.29, 0.717) is 11.6 Å². The van der Waals surface area contributed by atoms with Crippen molar-refractivity contribution in [2.45, 2.75) is 18.9 Å². The molecule has 3 N–H and O–H groups in total. The van der Waals surface area contributed by atoms with E-state index in [1.165, 1.54) is 11.6 Å². The molecule has 164 valence electrons. The molecule has 3 aromatic carbocycles. The Morgan fingerprint density at radius 2 is 1.68 bits per heavy atom. The first-order chi connectivity index (χ1) is 14.4. The molecular formula is C24H24Cl3NO3. The van der Waals surface area contributed by atoms with Crippen LogP contribution >= 0.6 is 35.6 Å². The lowest BCUT2D eigenvalue weighted by atomic mass is 10.0. The van der Waals surface area contributed by atoms with E-state index in [9.17, 15) is 9.90 Å². The molecule has 0 unspecified atom stereocenters. The molecule has 1 atom stereocenters. The third kappa shape index (κ3) is 7.23. The van der Waals surface area contributed by atoms with Gasteiger partial charge >= 0.3 is 5.97 Å². The fourth-order valence-electron chi connectivity index (χ4n) is 3.22. The quantitative estimate of drug-likeness (QED) is 0.327. The topological polar surface area (TPSA) is 69.6 Å². The fraction of sp³-hybridized carbons (Fsp3) is 0.208. The van der Waals surface area contributed by atoms with Gasteiger partial charge in [-0.1, -0.05) is 65.7 Å². The van der Waals surface area contributed by atoms with Crippen LogP contribution in [0.2, 0.25) is 10.0 Å². The molecule has 0 saturated heterocycles. The van der Waals surface area contributed by atoms with Crippen LogP contribution in [0.15, 0.2) is 66.7 Å². The van der Waals surface area contributed by atoms with Crippen LogP contribution < -0.4 is 5.32 Å². The Hall–Kier alpha value is -2.08. The summed E-state index contributed by atoms with van der Waals surface area (Å²) in [7, 11) is 0. The summed E-state index contributed by atoms with van der Waals surface area (Å²) in [6.45, 7) is 1.28. The molecule has 0 aromatic heterocycles. The first-order valence-corrected chi connectivity index (χ1v) is 10.5. The molecule has 0 heterocycles. The van der Waals surface area contributed by atoms with Crippen molar-refractivity contribution in [3.8, 4) is 11.1 Å². The second-order valence-electron chi connectivity index (χ2n) is 7.08. The van der Waals surface area contributed by atoms with Gasteiger partial charge in [-0.3, -0.25) is 0 Å². The van der Waals surface area contributed by atoms with Gasteiger partial charge in [0.25, 0.3) is 0 Å². The Balaban J connectivity index is 0.00000341. The van der Waals surface area contributed by atoms with E-state index >= 15 is 0 Å². The molecular weight excluding hydrogens is 457 g/mol. The minimum absolute atomic E-state index is 0. The number of carboxylic acids is 1. The van der Waals surface area contributed by atoms with E-state index < -0.39 is 12.1 Å². The monoisotopic (exact) mass is 479 g/mol. The van der Waals surface area contributed by atoms with Gasteiger partial charge in [-0.15, -0.1) is 12.4 Å². The molecule has 0 aliphatic heterocycles. The summed E-state index contributed by atoms with van der Waals surface area (Å²) in [6.07, 6.45) is 1.28. The van der Waals surface area contributed by atoms with Gasteiger partial charge < -0.3 is 15.5 Å². The first kappa shape index (κ1) is 25.2. The minimum Gasteiger partial charge on any atom is -0.478 e. The van der Waals surface area contributed by atoms with Gasteiger partial charge in [0.15, 0.2) is 0 Å². The Morgan fingerprint density at radius 3 is 2.32 bits per heavy atom. The number of benzene rings is 3. The van der Waals surface area contributed by atoms with E-state index in [-0.39, 0.29) is 23.0 Å². The smallest absolute Gasteiger partial charge is 0.337 e. The summed E-state index contributed by atoms with van der Waals surface area (Å²) in [4.78, 5) is 11.1. The van der Waals surface area contributed by atoms with E-state index in [4.69, 9.17) is 28.3 Å². The molecule has 0 bridgehead atoms. The van der Waals surface area contributed by atoms with Crippen LogP contribution in [0, 0.1) is 0 Å². The summed E-state index contributed by atoms with van der Waals surface area (Å²) >= 11 is 12.0. The average molecular weight is 481 g/mol. The zero-order chi connectivity index (χ0) is 21.5. The molecule has 3 rings (SSSR count). The Kier molecular flexibility index (Phi) is 9.82. The predicted octanol–water partition coefficient (Wildman–Crippen LogP) is 6.04. The highest BCUT2D eigenvalue weighted by atomic mass is 35.5. The summed E-state index contributed by atoms with van der Waals surface area (Å²) in [5.74, 6) is -1.03. The van der Waals surface area contributed by atoms with Gasteiger partial charge in [-0.2, -0.15) is 0 Å². The standard InChI is InChI=1S/C24H23Cl2NO3.ClH/c25-20-5-1-4-19(13-20)23(28)15-27-12-2-3-16-6-8-17(9-7-16)18-10-11-21(24(29)30)22(26)14-18;/h1,4-11,13-14,23,27-28H,2-3,12,15H2,(H,29,30);1H/t23-;/m0./s1. The largest absolute Gasteiger partial charge is 0.478 e. The van der Waals surface area contributed by atoms with E-state index in [0.717, 1.165) is 36.1 Å². The fourth-order valence-corrected chi connectivity index (χ4v) is 3.68. The van der Waals surface area contributed by atoms with Crippen molar-refractivity contribution in [2.75, 3.05) is 13.1 Å². The second-order valence-corrected chi connectivity index (χ2v) is 7.92. The van der Waals surface area contributed by atoms with Crippen LogP contribution in [0.25, 0.3) is 11.1 Å². The number of hydrogen-bond donors (Lipinski definition) is 3. The lowest BCUT2D eigenvalue weighted by molar-refractivity contribution is 0.0697. The number of aliphatic hydroxyl groups excluding tert-OH is 1. The number of aliphatic hydroxyl groups is 1. The van der Waals surface area contributed by atoms with Gasteiger partial charge in [0, 0.05) is 11.6 Å². The number of carboxylic acid groups (broad SMARTS) is 1. The maximum atomic E-state index is 11.1. The van der Waals surface area contributed by atoms with Crippen LogP contribution in [-0.4, -0.2) is 29.3 Å². The zero-order valence-electron chi connectivity index (χ0n) is 16.7. The molecule has 7 heteroatoms. The van der Waals surface area contributed by atoms with Gasteiger partial charge in [-0.25, -0.2) is 4.79 Å². The lowest BCUT2D eigenvalue weighted by Gasteiger charge is -2.12. The van der Waals surface area contributed by atoms with Crippen molar-refractivity contribution in [3.63, 3.8) is 0 Å². The highest BCUT2D eigenvalue weighted by Gasteiger charge is 2.10. The maximum Gasteiger partial charge on any atom is 0.337 e. The highest BCUT2D eigenvalue weighted by molar-refractivity contribution is 6.33. The number of halogens is 3. The second kappa shape index (κ2) is 12.1. The highest BCUT2D eigenvalue weighted by Crippen LogP contribution is 2.26. The zero-order valence-corrected chi connectivity index (χ0v) is 19.1. The summed E-state index contributed by atoms with van der Waals surface area (Å²) in [6, 6.07) is 20.4. The molecule has 0 fully saturated rings. The Bertz CT molecular complexity index is 1010. The summed E-state index contributed by atoms with van der Waals surface area (Å²) in [5.41, 5.74) is 3.99. The van der Waals surface area contributed by atoms with E-state index in [2.05, 4.69) is 17.4 Å². The SMILES string of the molecule is Cl.O=C(O)c1ccc(-c2ccc(CCCNC[C@H](O)c3cccc(Cl)c3)cc2)cc1Cl. The molecule has 0 spiro atoms. The summed E-state index contributed by atoms with van der Waals surface area (Å²) in [5, 5.41) is 23.4. The van der Waals surface area contributed by atoms with Crippen LogP contribution in [0.1, 0.15) is 34.0 Å². The van der Waals surface area contributed by atoms with Crippen molar-refractivity contribution in [1.29, 1.82) is 0 Å². The van der Waals surface area contributed by atoms with Crippen LogP contribution in [0.3, 0.4) is 0 Å². The molecule has 0 amide bonds. The number of rotatable bonds is 9. The molecule has 0 aliphatic rings. The normalized spacial score (nSPS) is 11.6. The number of nitrogens with one attached hydrogen (secondary N) is 1. The number of aryl methyl sites for hydroxylation is 1. The van der Waals surface area contributed by atoms with Crippen LogP contribution in [-0.2, 0) is 6.42 Å². The van der Waals surface area contributed by atoms with E-state index in [1.807, 2.05) is 24.3 Å². The molecule has 4 nitrogen and oxygen atoms in total. The van der Waals surface area contributed by atoms with Crippen molar-refractivity contribution in [2.24, 2.45) is 0 Å². The molecule has 0 aliphatic carbocycles. The molecule has 31 heavy (non-hydrogen) atoms. The van der Waals surface area contributed by atoms with Crippen LogP contribution in [0.4, 0.5) is 0 Å². The molecule has 3 aromatic rings.